The van der Waals surface area contributed by atoms with E-state index in [2.05, 4.69) is 5.32 Å². The molecule has 0 bridgehead atoms. The van der Waals surface area contributed by atoms with Crippen LogP contribution in [0.15, 0.2) is 18.2 Å². The second-order valence-corrected chi connectivity index (χ2v) is 4.85. The molecule has 1 atom stereocenters. The standard InChI is InChI=1S/C13H17F2NO/c1-9(16-8-13(17)5-2-6-13)11-7-10(14)3-4-12(11)15/h3-4,7,9,16-17H,2,5-6,8H2,1H3. The number of nitrogens with one attached hydrogen (secondary N) is 1. The Labute approximate surface area is 99.7 Å². The number of hydrogen-bond acceptors (Lipinski definition) is 2. The zero-order chi connectivity index (χ0) is 12.5. The summed E-state index contributed by atoms with van der Waals surface area (Å²) in [6.45, 7) is 2.18. The molecule has 1 aromatic rings. The highest BCUT2D eigenvalue weighted by Crippen LogP contribution is 2.31. The van der Waals surface area contributed by atoms with Gasteiger partial charge in [-0.15, -0.1) is 0 Å². The highest BCUT2D eigenvalue weighted by molar-refractivity contribution is 5.21. The van der Waals surface area contributed by atoms with Gasteiger partial charge in [-0.1, -0.05) is 0 Å². The zero-order valence-electron chi connectivity index (χ0n) is 9.84. The van der Waals surface area contributed by atoms with Crippen LogP contribution in [0.5, 0.6) is 0 Å². The molecule has 1 saturated carbocycles. The summed E-state index contributed by atoms with van der Waals surface area (Å²) in [5.74, 6) is -0.871. The lowest BCUT2D eigenvalue weighted by molar-refractivity contribution is -0.0330. The monoisotopic (exact) mass is 241 g/mol. The molecule has 0 radical (unpaired) electrons. The maximum atomic E-state index is 13.5. The van der Waals surface area contributed by atoms with E-state index in [1.165, 1.54) is 6.07 Å². The predicted octanol–water partition coefficient (Wildman–Crippen LogP) is 2.53. The lowest BCUT2D eigenvalue weighted by Gasteiger charge is -2.37. The van der Waals surface area contributed by atoms with E-state index in [-0.39, 0.29) is 6.04 Å². The van der Waals surface area contributed by atoms with Crippen LogP contribution in [0.25, 0.3) is 0 Å². The highest BCUT2D eigenvalue weighted by atomic mass is 19.1. The molecule has 0 saturated heterocycles. The predicted molar refractivity (Wildman–Crippen MR) is 61.6 cm³/mol. The highest BCUT2D eigenvalue weighted by Gasteiger charge is 2.34. The fourth-order valence-corrected chi connectivity index (χ4v) is 2.06. The summed E-state index contributed by atoms with van der Waals surface area (Å²) in [5.41, 5.74) is -0.356. The van der Waals surface area contributed by atoms with Crippen molar-refractivity contribution in [2.24, 2.45) is 0 Å². The average Bonchev–Trinajstić information content (AvgIpc) is 2.26. The summed E-state index contributed by atoms with van der Waals surface area (Å²) in [6.07, 6.45) is 2.58. The first kappa shape index (κ1) is 12.5. The van der Waals surface area contributed by atoms with Gasteiger partial charge in [0, 0.05) is 18.2 Å². The number of aliphatic hydroxyl groups is 1. The molecule has 17 heavy (non-hydrogen) atoms. The van der Waals surface area contributed by atoms with Crippen molar-refractivity contribution in [3.63, 3.8) is 0 Å². The first-order chi connectivity index (χ1) is 8.00. The fourth-order valence-electron chi connectivity index (χ4n) is 2.06. The van der Waals surface area contributed by atoms with Crippen LogP contribution in [0.4, 0.5) is 8.78 Å². The molecule has 2 rings (SSSR count). The van der Waals surface area contributed by atoms with Crippen LogP contribution >= 0.6 is 0 Å². The van der Waals surface area contributed by atoms with Crippen LogP contribution in [-0.2, 0) is 0 Å². The Balaban J connectivity index is 1.99. The molecule has 1 aliphatic carbocycles. The Kier molecular flexibility index (Phi) is 3.45. The summed E-state index contributed by atoms with van der Waals surface area (Å²) in [7, 11) is 0. The van der Waals surface area contributed by atoms with Gasteiger partial charge in [-0.05, 0) is 44.4 Å². The van der Waals surface area contributed by atoms with Crippen LogP contribution < -0.4 is 5.32 Å². The van der Waals surface area contributed by atoms with Crippen LogP contribution in [0, 0.1) is 11.6 Å². The van der Waals surface area contributed by atoms with E-state index in [1.54, 1.807) is 6.92 Å². The van der Waals surface area contributed by atoms with E-state index < -0.39 is 17.2 Å². The fraction of sp³-hybridized carbons (Fsp3) is 0.538. The molecule has 94 valence electrons. The molecule has 0 heterocycles. The third-order valence-electron chi connectivity index (χ3n) is 3.45. The largest absolute Gasteiger partial charge is 0.389 e. The topological polar surface area (TPSA) is 32.3 Å². The van der Waals surface area contributed by atoms with Gasteiger partial charge < -0.3 is 10.4 Å². The third-order valence-corrected chi connectivity index (χ3v) is 3.45. The number of hydrogen-bond donors (Lipinski definition) is 2. The molecule has 1 unspecified atom stereocenters. The average molecular weight is 241 g/mol. The molecule has 0 spiro atoms. The normalized spacial score (nSPS) is 19.8. The van der Waals surface area contributed by atoms with Crippen LogP contribution in [0.3, 0.4) is 0 Å². The van der Waals surface area contributed by atoms with Crippen molar-refractivity contribution in [1.82, 2.24) is 5.32 Å². The second-order valence-electron chi connectivity index (χ2n) is 4.85. The summed E-state index contributed by atoms with van der Waals surface area (Å²) in [6, 6.07) is 3.11. The third kappa shape index (κ3) is 2.82. The van der Waals surface area contributed by atoms with Crippen LogP contribution in [0.1, 0.15) is 37.8 Å². The van der Waals surface area contributed by atoms with Gasteiger partial charge in [-0.25, -0.2) is 8.78 Å². The van der Waals surface area contributed by atoms with Crippen molar-refractivity contribution in [3.8, 4) is 0 Å². The minimum atomic E-state index is -0.655. The van der Waals surface area contributed by atoms with Crippen molar-refractivity contribution in [2.45, 2.75) is 37.8 Å². The molecule has 1 fully saturated rings. The number of benzene rings is 1. The van der Waals surface area contributed by atoms with Gasteiger partial charge >= 0.3 is 0 Å². The van der Waals surface area contributed by atoms with E-state index in [9.17, 15) is 13.9 Å². The van der Waals surface area contributed by atoms with E-state index in [0.29, 0.717) is 12.1 Å². The first-order valence-corrected chi connectivity index (χ1v) is 5.91. The van der Waals surface area contributed by atoms with Crippen molar-refractivity contribution < 1.29 is 13.9 Å². The van der Waals surface area contributed by atoms with Gasteiger partial charge in [0.25, 0.3) is 0 Å². The van der Waals surface area contributed by atoms with E-state index >= 15 is 0 Å². The van der Waals surface area contributed by atoms with Crippen LogP contribution in [0.2, 0.25) is 0 Å². The van der Waals surface area contributed by atoms with Gasteiger partial charge in [-0.3, -0.25) is 0 Å². The van der Waals surface area contributed by atoms with Crippen molar-refractivity contribution >= 4 is 0 Å². The number of rotatable bonds is 4. The van der Waals surface area contributed by atoms with Gasteiger partial charge in [0.05, 0.1) is 5.60 Å². The van der Waals surface area contributed by atoms with Gasteiger partial charge in [-0.2, -0.15) is 0 Å². The van der Waals surface area contributed by atoms with E-state index in [4.69, 9.17) is 0 Å². The minimum absolute atomic E-state index is 0.299. The molecule has 1 aromatic carbocycles. The van der Waals surface area contributed by atoms with Gasteiger partial charge in [0.1, 0.15) is 11.6 Å². The molecular weight excluding hydrogens is 224 g/mol. The Morgan fingerprint density at radius 2 is 2.12 bits per heavy atom. The Hall–Kier alpha value is -1.00. The summed E-state index contributed by atoms with van der Waals surface area (Å²) in [5, 5.41) is 13.0. The zero-order valence-corrected chi connectivity index (χ0v) is 9.84. The first-order valence-electron chi connectivity index (χ1n) is 5.91. The smallest absolute Gasteiger partial charge is 0.128 e. The van der Waals surface area contributed by atoms with E-state index in [1.807, 2.05) is 0 Å². The SMILES string of the molecule is CC(NCC1(O)CCC1)c1cc(F)ccc1F. The number of halogens is 2. The van der Waals surface area contributed by atoms with Crippen molar-refractivity contribution in [3.05, 3.63) is 35.4 Å². The van der Waals surface area contributed by atoms with Gasteiger partial charge in [0.15, 0.2) is 0 Å². The maximum Gasteiger partial charge on any atom is 0.128 e. The van der Waals surface area contributed by atoms with E-state index in [0.717, 1.165) is 31.4 Å². The molecule has 2 nitrogen and oxygen atoms in total. The van der Waals surface area contributed by atoms with Crippen molar-refractivity contribution in [1.29, 1.82) is 0 Å². The lowest BCUT2D eigenvalue weighted by atomic mass is 9.80. The van der Waals surface area contributed by atoms with Crippen LogP contribution in [-0.4, -0.2) is 17.3 Å². The lowest BCUT2D eigenvalue weighted by Crippen LogP contribution is -2.46. The molecule has 4 heteroatoms. The molecule has 0 aromatic heterocycles. The Morgan fingerprint density at radius 1 is 1.41 bits per heavy atom. The summed E-state index contributed by atoms with van der Waals surface area (Å²) < 4.78 is 26.5. The second kappa shape index (κ2) is 4.70. The molecule has 1 aliphatic rings. The summed E-state index contributed by atoms with van der Waals surface area (Å²) >= 11 is 0. The van der Waals surface area contributed by atoms with Gasteiger partial charge in [0.2, 0.25) is 0 Å². The summed E-state index contributed by atoms with van der Waals surface area (Å²) in [4.78, 5) is 0. The Morgan fingerprint density at radius 3 is 2.71 bits per heavy atom. The Bertz CT molecular complexity index is 404. The molecule has 2 N–H and O–H groups in total. The quantitative estimate of drug-likeness (QED) is 0.849. The van der Waals surface area contributed by atoms with Crippen molar-refractivity contribution in [2.75, 3.05) is 6.54 Å². The molecule has 0 amide bonds. The molecule has 0 aliphatic heterocycles. The molecular formula is C13H17F2NO. The minimum Gasteiger partial charge on any atom is -0.389 e. The maximum absolute atomic E-state index is 13.5.